The molecule has 5 nitrogen and oxygen atoms in total. The van der Waals surface area contributed by atoms with E-state index in [-0.39, 0.29) is 24.1 Å². The van der Waals surface area contributed by atoms with Gasteiger partial charge >= 0.3 is 0 Å². The van der Waals surface area contributed by atoms with Crippen molar-refractivity contribution in [1.82, 2.24) is 4.90 Å². The fourth-order valence-corrected chi connectivity index (χ4v) is 2.81. The van der Waals surface area contributed by atoms with E-state index in [1.165, 1.54) is 19.2 Å². The fourth-order valence-electron chi connectivity index (χ4n) is 2.31. The molecule has 2 atom stereocenters. The Morgan fingerprint density at radius 1 is 1.55 bits per heavy atom. The molecule has 0 radical (unpaired) electrons. The molecule has 22 heavy (non-hydrogen) atoms. The molecule has 2 N–H and O–H groups in total. The van der Waals surface area contributed by atoms with Gasteiger partial charge in [-0.05, 0) is 12.1 Å². The van der Waals surface area contributed by atoms with Crippen molar-refractivity contribution in [2.75, 3.05) is 33.4 Å². The monoisotopic (exact) mass is 350 g/mol. The number of carbonyl (C=O) groups is 1. The van der Waals surface area contributed by atoms with Gasteiger partial charge in [-0.3, -0.25) is 4.79 Å². The normalized spacial score (nSPS) is 20.0. The standard InChI is InChI=1S/C14H17Cl2FN2O3/c1-21-7-12(18)14(20)19-2-3-22-13(6-19)8-4-11(17)10(16)5-9(8)15/h4-5,12-13H,2-3,6-7,18H2,1H3. The quantitative estimate of drug-likeness (QED) is 0.843. The molecule has 2 rings (SSSR count). The smallest absolute Gasteiger partial charge is 0.242 e. The molecule has 2 unspecified atom stereocenters. The molecule has 0 aliphatic carbocycles. The Kier molecular flexibility index (Phi) is 6.00. The number of rotatable bonds is 4. The number of ether oxygens (including phenoxy) is 2. The minimum absolute atomic E-state index is 0.0559. The van der Waals surface area contributed by atoms with Crippen LogP contribution in [0.4, 0.5) is 4.39 Å². The summed E-state index contributed by atoms with van der Waals surface area (Å²) in [6, 6.07) is 1.83. The topological polar surface area (TPSA) is 64.8 Å². The summed E-state index contributed by atoms with van der Waals surface area (Å²) < 4.78 is 24.1. The zero-order valence-electron chi connectivity index (χ0n) is 12.0. The molecule has 1 aromatic carbocycles. The van der Waals surface area contributed by atoms with Crippen LogP contribution in [0.5, 0.6) is 0 Å². The number of nitrogens with two attached hydrogens (primary N) is 1. The van der Waals surface area contributed by atoms with E-state index in [1.54, 1.807) is 4.90 Å². The summed E-state index contributed by atoms with van der Waals surface area (Å²) in [5.41, 5.74) is 6.22. The van der Waals surface area contributed by atoms with Gasteiger partial charge in [0.05, 0.1) is 24.8 Å². The average Bonchev–Trinajstić information content (AvgIpc) is 2.50. The largest absolute Gasteiger partial charge is 0.383 e. The van der Waals surface area contributed by atoms with Gasteiger partial charge in [0, 0.05) is 24.2 Å². The van der Waals surface area contributed by atoms with E-state index in [2.05, 4.69) is 0 Å². The first-order chi connectivity index (χ1) is 10.4. The van der Waals surface area contributed by atoms with Gasteiger partial charge in [0.25, 0.3) is 0 Å². The maximum atomic E-state index is 13.6. The molecule has 1 saturated heterocycles. The number of methoxy groups -OCH3 is 1. The average molecular weight is 351 g/mol. The molecule has 1 fully saturated rings. The lowest BCUT2D eigenvalue weighted by Crippen LogP contribution is -2.50. The molecule has 1 heterocycles. The lowest BCUT2D eigenvalue weighted by molar-refractivity contribution is -0.141. The second-order valence-corrected chi connectivity index (χ2v) is 5.81. The Morgan fingerprint density at radius 3 is 2.95 bits per heavy atom. The van der Waals surface area contributed by atoms with Crippen LogP contribution in [0.25, 0.3) is 0 Å². The van der Waals surface area contributed by atoms with Crippen molar-refractivity contribution in [1.29, 1.82) is 0 Å². The van der Waals surface area contributed by atoms with Crippen molar-refractivity contribution in [3.8, 4) is 0 Å². The molecule has 0 aromatic heterocycles. The Bertz CT molecular complexity index is 559. The summed E-state index contributed by atoms with van der Waals surface area (Å²) in [6.07, 6.45) is -0.522. The number of morpholine rings is 1. The molecule has 0 spiro atoms. The summed E-state index contributed by atoms with van der Waals surface area (Å²) in [6.45, 7) is 1.12. The van der Waals surface area contributed by atoms with Crippen molar-refractivity contribution in [3.05, 3.63) is 33.6 Å². The third kappa shape index (κ3) is 3.88. The summed E-state index contributed by atoms with van der Waals surface area (Å²) >= 11 is 11.8. The number of hydrogen-bond acceptors (Lipinski definition) is 4. The van der Waals surface area contributed by atoms with E-state index >= 15 is 0 Å². The molecule has 8 heteroatoms. The van der Waals surface area contributed by atoms with Crippen molar-refractivity contribution in [2.45, 2.75) is 12.1 Å². The van der Waals surface area contributed by atoms with Crippen LogP contribution in [0, 0.1) is 5.82 Å². The maximum absolute atomic E-state index is 13.6. The minimum Gasteiger partial charge on any atom is -0.383 e. The van der Waals surface area contributed by atoms with Crippen LogP contribution < -0.4 is 5.73 Å². The van der Waals surface area contributed by atoms with E-state index in [4.69, 9.17) is 38.4 Å². The third-order valence-electron chi connectivity index (χ3n) is 3.43. The second kappa shape index (κ2) is 7.57. The first-order valence-corrected chi connectivity index (χ1v) is 7.49. The predicted octanol–water partition coefficient (Wildman–Crippen LogP) is 2.01. The van der Waals surface area contributed by atoms with E-state index in [0.29, 0.717) is 23.7 Å². The van der Waals surface area contributed by atoms with Gasteiger partial charge in [-0.25, -0.2) is 4.39 Å². The molecule has 1 aliphatic rings. The van der Waals surface area contributed by atoms with E-state index in [9.17, 15) is 9.18 Å². The number of halogens is 3. The van der Waals surface area contributed by atoms with E-state index < -0.39 is 18.0 Å². The van der Waals surface area contributed by atoms with Crippen LogP contribution in [0.3, 0.4) is 0 Å². The van der Waals surface area contributed by atoms with Crippen molar-refractivity contribution in [2.24, 2.45) is 5.73 Å². The molecular weight excluding hydrogens is 334 g/mol. The number of nitrogens with zero attached hydrogens (tertiary/aromatic N) is 1. The van der Waals surface area contributed by atoms with Gasteiger partial charge < -0.3 is 20.1 Å². The first-order valence-electron chi connectivity index (χ1n) is 6.73. The summed E-state index contributed by atoms with van der Waals surface area (Å²) in [5.74, 6) is -0.815. The fraction of sp³-hybridized carbons (Fsp3) is 0.500. The Hall–Kier alpha value is -0.920. The maximum Gasteiger partial charge on any atom is 0.242 e. The predicted molar refractivity (Wildman–Crippen MR) is 81.5 cm³/mol. The Labute approximate surface area is 138 Å². The SMILES string of the molecule is COCC(N)C(=O)N1CCOC(c2cc(F)c(Cl)cc2Cl)C1. The van der Waals surface area contributed by atoms with Crippen LogP contribution in [-0.4, -0.2) is 50.3 Å². The number of hydrogen-bond donors (Lipinski definition) is 1. The molecule has 0 bridgehead atoms. The van der Waals surface area contributed by atoms with E-state index in [1.807, 2.05) is 0 Å². The van der Waals surface area contributed by atoms with Gasteiger partial charge in [-0.1, -0.05) is 23.2 Å². The number of benzene rings is 1. The highest BCUT2D eigenvalue weighted by atomic mass is 35.5. The van der Waals surface area contributed by atoms with Gasteiger partial charge in [-0.2, -0.15) is 0 Å². The van der Waals surface area contributed by atoms with Gasteiger partial charge in [0.15, 0.2) is 0 Å². The highest BCUT2D eigenvalue weighted by Crippen LogP contribution is 2.32. The molecule has 0 saturated carbocycles. The van der Waals surface area contributed by atoms with Crippen LogP contribution in [0.1, 0.15) is 11.7 Å². The molecule has 122 valence electrons. The minimum atomic E-state index is -0.735. The van der Waals surface area contributed by atoms with Crippen LogP contribution in [-0.2, 0) is 14.3 Å². The zero-order chi connectivity index (χ0) is 16.3. The van der Waals surface area contributed by atoms with Crippen LogP contribution in [0.2, 0.25) is 10.0 Å². The number of carbonyl (C=O) groups excluding carboxylic acids is 1. The first kappa shape index (κ1) is 17.4. The van der Waals surface area contributed by atoms with Gasteiger partial charge in [0.2, 0.25) is 5.91 Å². The van der Waals surface area contributed by atoms with Gasteiger partial charge in [-0.15, -0.1) is 0 Å². The van der Waals surface area contributed by atoms with Crippen LogP contribution >= 0.6 is 23.2 Å². The molecule has 1 aromatic rings. The Balaban J connectivity index is 2.14. The Morgan fingerprint density at radius 2 is 2.27 bits per heavy atom. The van der Waals surface area contributed by atoms with E-state index in [0.717, 1.165) is 0 Å². The van der Waals surface area contributed by atoms with Crippen molar-refractivity contribution >= 4 is 29.1 Å². The van der Waals surface area contributed by atoms with Crippen molar-refractivity contribution < 1.29 is 18.7 Å². The van der Waals surface area contributed by atoms with Crippen molar-refractivity contribution in [3.63, 3.8) is 0 Å². The molecular formula is C14H17Cl2FN2O3. The summed E-state index contributed by atoms with van der Waals surface area (Å²) in [4.78, 5) is 13.8. The third-order valence-corrected chi connectivity index (χ3v) is 4.05. The summed E-state index contributed by atoms with van der Waals surface area (Å²) in [5, 5.41) is 0.242. The summed E-state index contributed by atoms with van der Waals surface area (Å²) in [7, 11) is 1.48. The van der Waals surface area contributed by atoms with Gasteiger partial charge in [0.1, 0.15) is 18.0 Å². The second-order valence-electron chi connectivity index (χ2n) is 4.99. The molecule has 1 amide bonds. The zero-order valence-corrected chi connectivity index (χ0v) is 13.5. The highest BCUT2D eigenvalue weighted by molar-refractivity contribution is 6.35. The highest BCUT2D eigenvalue weighted by Gasteiger charge is 2.30. The lowest BCUT2D eigenvalue weighted by Gasteiger charge is -2.34. The molecule has 1 aliphatic heterocycles. The number of amides is 1. The van der Waals surface area contributed by atoms with Crippen LogP contribution in [0.15, 0.2) is 12.1 Å². The lowest BCUT2D eigenvalue weighted by atomic mass is 10.1.